The van der Waals surface area contributed by atoms with Gasteiger partial charge in [0, 0.05) is 17.7 Å². The van der Waals surface area contributed by atoms with E-state index in [0.29, 0.717) is 17.1 Å². The molecule has 0 aliphatic carbocycles. The number of para-hydroxylation sites is 2. The molecule has 0 saturated heterocycles. The van der Waals surface area contributed by atoms with Crippen LogP contribution in [0.4, 0.5) is 0 Å². The maximum atomic E-state index is 10.5. The standard InChI is InChI=1S/C29H22N2O4/c32-28-26(19-30-29(33)31-28)27(20-11-15-24(16-12-20)34-22-7-3-1-4-8-22)21-13-17-25(18-14-21)35-23-9-5-2-6-10-23/h1-19,27H,(H2,30,31,32,33). The minimum absolute atomic E-state index is 0.281. The first kappa shape index (κ1) is 22.0. The lowest BCUT2D eigenvalue weighted by Crippen LogP contribution is -2.05. The van der Waals surface area contributed by atoms with Gasteiger partial charge in [-0.2, -0.15) is 4.98 Å². The summed E-state index contributed by atoms with van der Waals surface area (Å²) in [6.07, 6.45) is 1.44. The Bertz CT molecular complexity index is 1310. The fraction of sp³-hybridized carbons (Fsp3) is 0.0345. The molecule has 172 valence electrons. The van der Waals surface area contributed by atoms with Crippen molar-refractivity contribution in [3.8, 4) is 34.9 Å². The monoisotopic (exact) mass is 462 g/mol. The van der Waals surface area contributed by atoms with Crippen LogP contribution < -0.4 is 9.47 Å². The first-order chi connectivity index (χ1) is 17.2. The Kier molecular flexibility index (Phi) is 6.26. The molecule has 0 unspecified atom stereocenters. The summed E-state index contributed by atoms with van der Waals surface area (Å²) < 4.78 is 11.8. The second kappa shape index (κ2) is 9.97. The zero-order chi connectivity index (χ0) is 24.0. The fourth-order valence-corrected chi connectivity index (χ4v) is 3.83. The van der Waals surface area contributed by atoms with Gasteiger partial charge in [-0.05, 0) is 59.7 Å². The highest BCUT2D eigenvalue weighted by molar-refractivity contribution is 5.48. The van der Waals surface area contributed by atoms with Gasteiger partial charge in [-0.3, -0.25) is 0 Å². The molecule has 35 heavy (non-hydrogen) atoms. The summed E-state index contributed by atoms with van der Waals surface area (Å²) in [7, 11) is 0. The van der Waals surface area contributed by atoms with Crippen LogP contribution in [0.2, 0.25) is 0 Å². The van der Waals surface area contributed by atoms with Crippen molar-refractivity contribution >= 4 is 0 Å². The summed E-state index contributed by atoms with van der Waals surface area (Å²) in [5.74, 6) is 2.21. The Morgan fingerprint density at radius 2 is 0.971 bits per heavy atom. The van der Waals surface area contributed by atoms with E-state index in [1.165, 1.54) is 6.20 Å². The molecule has 0 bridgehead atoms. The van der Waals surface area contributed by atoms with Gasteiger partial charge in [0.25, 0.3) is 0 Å². The van der Waals surface area contributed by atoms with E-state index in [4.69, 9.17) is 9.47 Å². The number of hydrogen-bond acceptors (Lipinski definition) is 6. The summed E-state index contributed by atoms with van der Waals surface area (Å²) >= 11 is 0. The lowest BCUT2D eigenvalue weighted by molar-refractivity contribution is 0.392. The minimum atomic E-state index is -0.483. The topological polar surface area (TPSA) is 84.7 Å². The van der Waals surface area contributed by atoms with Gasteiger partial charge in [-0.25, -0.2) is 4.98 Å². The third-order valence-electron chi connectivity index (χ3n) is 5.48. The zero-order valence-corrected chi connectivity index (χ0v) is 18.7. The van der Waals surface area contributed by atoms with Gasteiger partial charge in [-0.15, -0.1) is 0 Å². The van der Waals surface area contributed by atoms with E-state index in [1.807, 2.05) is 109 Å². The smallest absolute Gasteiger partial charge is 0.317 e. The van der Waals surface area contributed by atoms with Gasteiger partial charge < -0.3 is 19.7 Å². The lowest BCUT2D eigenvalue weighted by atomic mass is 9.86. The summed E-state index contributed by atoms with van der Waals surface area (Å²) in [5, 5.41) is 20.1. The molecule has 0 saturated carbocycles. The van der Waals surface area contributed by atoms with Crippen LogP contribution in [0.1, 0.15) is 22.6 Å². The van der Waals surface area contributed by atoms with Crippen molar-refractivity contribution < 1.29 is 19.7 Å². The van der Waals surface area contributed by atoms with Crippen molar-refractivity contribution in [2.24, 2.45) is 0 Å². The second-order valence-corrected chi connectivity index (χ2v) is 7.85. The third-order valence-corrected chi connectivity index (χ3v) is 5.48. The zero-order valence-electron chi connectivity index (χ0n) is 18.7. The number of aromatic nitrogens is 2. The normalized spacial score (nSPS) is 10.8. The van der Waals surface area contributed by atoms with Crippen molar-refractivity contribution in [1.29, 1.82) is 0 Å². The lowest BCUT2D eigenvalue weighted by Gasteiger charge is -2.20. The van der Waals surface area contributed by atoms with E-state index in [1.54, 1.807) is 0 Å². The van der Waals surface area contributed by atoms with Gasteiger partial charge in [0.05, 0.1) is 0 Å². The molecule has 1 heterocycles. The van der Waals surface area contributed by atoms with Crippen molar-refractivity contribution in [2.75, 3.05) is 0 Å². The number of nitrogens with zero attached hydrogens (tertiary/aromatic N) is 2. The highest BCUT2D eigenvalue weighted by Gasteiger charge is 2.22. The number of ether oxygens (including phenoxy) is 2. The van der Waals surface area contributed by atoms with Crippen molar-refractivity contribution in [1.82, 2.24) is 9.97 Å². The van der Waals surface area contributed by atoms with Gasteiger partial charge in [-0.1, -0.05) is 60.7 Å². The van der Waals surface area contributed by atoms with Crippen molar-refractivity contribution in [3.05, 3.63) is 132 Å². The molecular weight excluding hydrogens is 440 g/mol. The van der Waals surface area contributed by atoms with Crippen LogP contribution in [0.25, 0.3) is 0 Å². The van der Waals surface area contributed by atoms with Crippen molar-refractivity contribution in [3.63, 3.8) is 0 Å². The summed E-state index contributed by atoms with van der Waals surface area (Å²) in [4.78, 5) is 7.64. The second-order valence-electron chi connectivity index (χ2n) is 7.85. The fourth-order valence-electron chi connectivity index (χ4n) is 3.83. The average Bonchev–Trinajstić information content (AvgIpc) is 2.89. The summed E-state index contributed by atoms with van der Waals surface area (Å²) in [6, 6.07) is 33.8. The van der Waals surface area contributed by atoms with Gasteiger partial charge in [0.1, 0.15) is 23.0 Å². The molecule has 0 fully saturated rings. The number of rotatable bonds is 7. The Morgan fingerprint density at radius 1 is 0.543 bits per heavy atom. The van der Waals surface area contributed by atoms with E-state index in [-0.39, 0.29) is 11.8 Å². The van der Waals surface area contributed by atoms with Crippen LogP contribution in [-0.2, 0) is 0 Å². The predicted molar refractivity (Wildman–Crippen MR) is 132 cm³/mol. The molecule has 6 heteroatoms. The first-order valence-corrected chi connectivity index (χ1v) is 11.1. The van der Waals surface area contributed by atoms with Crippen LogP contribution in [0.15, 0.2) is 115 Å². The molecule has 5 aromatic rings. The quantitative estimate of drug-likeness (QED) is 0.282. The van der Waals surface area contributed by atoms with Crippen LogP contribution in [0, 0.1) is 0 Å². The largest absolute Gasteiger partial charge is 0.493 e. The molecule has 0 radical (unpaired) electrons. The maximum Gasteiger partial charge on any atom is 0.317 e. The molecule has 0 aliphatic heterocycles. The van der Waals surface area contributed by atoms with Gasteiger partial charge in [0.15, 0.2) is 0 Å². The van der Waals surface area contributed by atoms with Crippen LogP contribution in [-0.4, -0.2) is 20.2 Å². The molecule has 0 atom stereocenters. The van der Waals surface area contributed by atoms with E-state index >= 15 is 0 Å². The number of benzene rings is 4. The van der Waals surface area contributed by atoms with E-state index in [0.717, 1.165) is 22.6 Å². The minimum Gasteiger partial charge on any atom is -0.493 e. The first-order valence-electron chi connectivity index (χ1n) is 11.1. The predicted octanol–water partition coefficient (Wildman–Crippen LogP) is 6.65. The molecule has 1 aromatic heterocycles. The van der Waals surface area contributed by atoms with E-state index in [9.17, 15) is 10.2 Å². The van der Waals surface area contributed by atoms with Gasteiger partial charge >= 0.3 is 6.01 Å². The molecule has 0 aliphatic rings. The molecule has 6 nitrogen and oxygen atoms in total. The van der Waals surface area contributed by atoms with Crippen LogP contribution in [0.3, 0.4) is 0 Å². The van der Waals surface area contributed by atoms with Crippen LogP contribution >= 0.6 is 0 Å². The average molecular weight is 463 g/mol. The van der Waals surface area contributed by atoms with Gasteiger partial charge in [0.2, 0.25) is 5.88 Å². The molecule has 4 aromatic carbocycles. The van der Waals surface area contributed by atoms with E-state index < -0.39 is 6.01 Å². The van der Waals surface area contributed by atoms with Crippen molar-refractivity contribution in [2.45, 2.75) is 5.92 Å². The number of aromatic hydroxyl groups is 2. The SMILES string of the molecule is Oc1ncc(C(c2ccc(Oc3ccccc3)cc2)c2ccc(Oc3ccccc3)cc2)c(O)n1. The highest BCUT2D eigenvalue weighted by atomic mass is 16.5. The Hall–Kier alpha value is -4.84. The number of hydrogen-bond donors (Lipinski definition) is 2. The van der Waals surface area contributed by atoms with Crippen LogP contribution in [0.5, 0.6) is 34.9 Å². The Labute approximate surface area is 202 Å². The molecule has 2 N–H and O–H groups in total. The van der Waals surface area contributed by atoms with E-state index in [2.05, 4.69) is 9.97 Å². The molecule has 0 amide bonds. The molecule has 5 rings (SSSR count). The highest BCUT2D eigenvalue weighted by Crippen LogP contribution is 2.38. The third kappa shape index (κ3) is 5.23. The Morgan fingerprint density at radius 3 is 1.40 bits per heavy atom. The molecule has 0 spiro atoms. The summed E-state index contributed by atoms with van der Waals surface area (Å²) in [6.45, 7) is 0. The maximum absolute atomic E-state index is 10.5. The summed E-state index contributed by atoms with van der Waals surface area (Å²) in [5.41, 5.74) is 2.26. The molecular formula is C29H22N2O4. The Balaban J connectivity index is 1.46.